The van der Waals surface area contributed by atoms with Crippen molar-refractivity contribution >= 4 is 17.3 Å². The van der Waals surface area contributed by atoms with E-state index < -0.39 is 23.4 Å². The standard InChI is InChI=1S/C14H9ClF5N/c15-10-5-8(1-3-11(10)16)7-21-13-4-2-9(6-12(13)17)14(18,19)20/h1-6,21H,7H2. The highest BCUT2D eigenvalue weighted by atomic mass is 35.5. The molecule has 1 N–H and O–H groups in total. The fraction of sp³-hybridized carbons (Fsp3) is 0.143. The fourth-order valence-corrected chi connectivity index (χ4v) is 1.88. The Hall–Kier alpha value is -1.82. The number of nitrogens with one attached hydrogen (secondary N) is 1. The van der Waals surface area contributed by atoms with E-state index in [0.29, 0.717) is 11.6 Å². The number of rotatable bonds is 3. The molecular formula is C14H9ClF5N. The second kappa shape index (κ2) is 5.89. The Labute approximate surface area is 122 Å². The summed E-state index contributed by atoms with van der Waals surface area (Å²) in [7, 11) is 0. The minimum absolute atomic E-state index is 0.0801. The van der Waals surface area contributed by atoms with Crippen LogP contribution < -0.4 is 5.32 Å². The molecule has 0 heterocycles. The predicted octanol–water partition coefficient (Wildman–Crippen LogP) is 5.25. The smallest absolute Gasteiger partial charge is 0.379 e. The van der Waals surface area contributed by atoms with Gasteiger partial charge in [-0.15, -0.1) is 0 Å². The summed E-state index contributed by atoms with van der Waals surface area (Å²) >= 11 is 5.60. The first-order valence-electron chi connectivity index (χ1n) is 5.82. The van der Waals surface area contributed by atoms with Crippen LogP contribution in [0.1, 0.15) is 11.1 Å². The highest BCUT2D eigenvalue weighted by Crippen LogP contribution is 2.31. The number of hydrogen-bond donors (Lipinski definition) is 1. The molecule has 2 aromatic rings. The summed E-state index contributed by atoms with van der Waals surface area (Å²) in [6, 6.07) is 6.15. The summed E-state index contributed by atoms with van der Waals surface area (Å²) in [5.41, 5.74) is -0.570. The van der Waals surface area contributed by atoms with Crippen molar-refractivity contribution in [3.8, 4) is 0 Å². The maximum Gasteiger partial charge on any atom is 0.416 e. The largest absolute Gasteiger partial charge is 0.416 e. The van der Waals surface area contributed by atoms with Gasteiger partial charge < -0.3 is 5.32 Å². The Morgan fingerprint density at radius 3 is 2.24 bits per heavy atom. The van der Waals surface area contributed by atoms with Crippen molar-refractivity contribution in [3.05, 3.63) is 64.2 Å². The fourth-order valence-electron chi connectivity index (χ4n) is 1.68. The van der Waals surface area contributed by atoms with Crippen LogP contribution in [0.4, 0.5) is 27.6 Å². The molecule has 0 amide bonds. The molecular weight excluding hydrogens is 313 g/mol. The molecule has 1 nitrogen and oxygen atoms in total. The maximum absolute atomic E-state index is 13.6. The van der Waals surface area contributed by atoms with E-state index in [-0.39, 0.29) is 17.3 Å². The molecule has 2 aromatic carbocycles. The van der Waals surface area contributed by atoms with Crippen LogP contribution in [0.5, 0.6) is 0 Å². The van der Waals surface area contributed by atoms with E-state index in [2.05, 4.69) is 5.32 Å². The summed E-state index contributed by atoms with van der Waals surface area (Å²) < 4.78 is 63.7. The van der Waals surface area contributed by atoms with Crippen molar-refractivity contribution in [2.24, 2.45) is 0 Å². The van der Waals surface area contributed by atoms with Crippen LogP contribution in [-0.4, -0.2) is 0 Å². The summed E-state index contributed by atoms with van der Waals surface area (Å²) in [6.45, 7) is 0.0995. The normalized spacial score (nSPS) is 11.5. The van der Waals surface area contributed by atoms with Gasteiger partial charge in [0.2, 0.25) is 0 Å². The summed E-state index contributed by atoms with van der Waals surface area (Å²) in [5, 5.41) is 2.55. The van der Waals surface area contributed by atoms with Gasteiger partial charge in [-0.05, 0) is 35.9 Å². The zero-order chi connectivity index (χ0) is 15.6. The van der Waals surface area contributed by atoms with Crippen molar-refractivity contribution in [2.45, 2.75) is 12.7 Å². The van der Waals surface area contributed by atoms with Gasteiger partial charge in [0, 0.05) is 6.54 Å². The lowest BCUT2D eigenvalue weighted by atomic mass is 10.1. The van der Waals surface area contributed by atoms with Crippen molar-refractivity contribution in [2.75, 3.05) is 5.32 Å². The lowest BCUT2D eigenvalue weighted by Crippen LogP contribution is -2.07. The van der Waals surface area contributed by atoms with E-state index >= 15 is 0 Å². The number of hydrogen-bond acceptors (Lipinski definition) is 1. The van der Waals surface area contributed by atoms with Crippen molar-refractivity contribution in [1.29, 1.82) is 0 Å². The van der Waals surface area contributed by atoms with Crippen molar-refractivity contribution < 1.29 is 22.0 Å². The first kappa shape index (κ1) is 15.6. The molecule has 0 aromatic heterocycles. The van der Waals surface area contributed by atoms with Gasteiger partial charge in [0.05, 0.1) is 16.3 Å². The van der Waals surface area contributed by atoms with Crippen molar-refractivity contribution in [3.63, 3.8) is 0 Å². The molecule has 0 aliphatic heterocycles. The molecule has 112 valence electrons. The summed E-state index contributed by atoms with van der Waals surface area (Å²) in [4.78, 5) is 0. The number of alkyl halides is 3. The Morgan fingerprint density at radius 1 is 0.952 bits per heavy atom. The third-order valence-electron chi connectivity index (χ3n) is 2.76. The van der Waals surface area contributed by atoms with Crippen molar-refractivity contribution in [1.82, 2.24) is 0 Å². The van der Waals surface area contributed by atoms with E-state index in [1.807, 2.05) is 0 Å². The summed E-state index contributed by atoms with van der Waals surface area (Å²) in [6.07, 6.45) is -4.59. The van der Waals surface area contributed by atoms with Gasteiger partial charge in [-0.25, -0.2) is 8.78 Å². The number of halogens is 6. The molecule has 0 atom stereocenters. The zero-order valence-electron chi connectivity index (χ0n) is 10.4. The van der Waals surface area contributed by atoms with Gasteiger partial charge in [-0.3, -0.25) is 0 Å². The van der Waals surface area contributed by atoms with Crippen LogP contribution in [0.3, 0.4) is 0 Å². The second-order valence-corrected chi connectivity index (χ2v) is 4.70. The minimum Gasteiger partial charge on any atom is -0.379 e. The maximum atomic E-state index is 13.6. The average molecular weight is 322 g/mol. The van der Waals surface area contributed by atoms with E-state index in [9.17, 15) is 22.0 Å². The van der Waals surface area contributed by atoms with Crippen LogP contribution in [0.15, 0.2) is 36.4 Å². The van der Waals surface area contributed by atoms with Crippen LogP contribution in [0.2, 0.25) is 5.02 Å². The quantitative estimate of drug-likeness (QED) is 0.761. The molecule has 0 radical (unpaired) electrons. The van der Waals surface area contributed by atoms with Gasteiger partial charge in [0.15, 0.2) is 0 Å². The van der Waals surface area contributed by atoms with Crippen LogP contribution in [-0.2, 0) is 12.7 Å². The van der Waals surface area contributed by atoms with E-state index in [0.717, 1.165) is 18.2 Å². The molecule has 0 unspecified atom stereocenters. The number of anilines is 1. The van der Waals surface area contributed by atoms with E-state index in [1.54, 1.807) is 0 Å². The van der Waals surface area contributed by atoms with Gasteiger partial charge in [0.25, 0.3) is 0 Å². The Kier molecular flexibility index (Phi) is 4.37. The van der Waals surface area contributed by atoms with Gasteiger partial charge >= 0.3 is 6.18 Å². The molecule has 0 spiro atoms. The molecule has 2 rings (SSSR count). The minimum atomic E-state index is -4.59. The first-order valence-corrected chi connectivity index (χ1v) is 6.20. The van der Waals surface area contributed by atoms with Gasteiger partial charge in [-0.2, -0.15) is 13.2 Å². The third kappa shape index (κ3) is 3.85. The highest BCUT2D eigenvalue weighted by Gasteiger charge is 2.31. The number of benzene rings is 2. The molecule has 0 fully saturated rings. The topological polar surface area (TPSA) is 12.0 Å². The SMILES string of the molecule is Fc1ccc(CNc2ccc(C(F)(F)F)cc2F)cc1Cl. The van der Waals surface area contributed by atoms with Gasteiger partial charge in [-0.1, -0.05) is 17.7 Å². The predicted molar refractivity (Wildman–Crippen MR) is 70.1 cm³/mol. The first-order chi connectivity index (χ1) is 9.77. The molecule has 0 bridgehead atoms. The molecule has 0 saturated carbocycles. The lowest BCUT2D eigenvalue weighted by Gasteiger charge is -2.11. The molecule has 0 saturated heterocycles. The van der Waals surface area contributed by atoms with Crippen LogP contribution >= 0.6 is 11.6 Å². The summed E-state index contributed by atoms with van der Waals surface area (Å²) in [5.74, 6) is -1.60. The van der Waals surface area contributed by atoms with Gasteiger partial charge in [0.1, 0.15) is 11.6 Å². The van der Waals surface area contributed by atoms with Crippen LogP contribution in [0.25, 0.3) is 0 Å². The second-order valence-electron chi connectivity index (χ2n) is 4.29. The molecule has 0 aliphatic rings. The highest BCUT2D eigenvalue weighted by molar-refractivity contribution is 6.30. The molecule has 0 aliphatic carbocycles. The van der Waals surface area contributed by atoms with E-state index in [1.165, 1.54) is 12.1 Å². The monoisotopic (exact) mass is 321 g/mol. The molecule has 7 heteroatoms. The third-order valence-corrected chi connectivity index (χ3v) is 3.05. The Bertz CT molecular complexity index is 654. The Morgan fingerprint density at radius 2 is 1.67 bits per heavy atom. The Balaban J connectivity index is 2.11. The average Bonchev–Trinajstić information content (AvgIpc) is 2.40. The van der Waals surface area contributed by atoms with E-state index in [4.69, 9.17) is 11.6 Å². The lowest BCUT2D eigenvalue weighted by molar-refractivity contribution is -0.137. The molecule has 21 heavy (non-hydrogen) atoms. The van der Waals surface area contributed by atoms with Crippen LogP contribution in [0, 0.1) is 11.6 Å². The zero-order valence-corrected chi connectivity index (χ0v) is 11.2.